The fourth-order valence-corrected chi connectivity index (χ4v) is 2.05. The van der Waals surface area contributed by atoms with Crippen LogP contribution in [0.2, 0.25) is 0 Å². The van der Waals surface area contributed by atoms with Crippen molar-refractivity contribution in [3.63, 3.8) is 0 Å². The first kappa shape index (κ1) is 14.5. The van der Waals surface area contributed by atoms with Crippen molar-refractivity contribution in [2.45, 2.75) is 13.5 Å². The van der Waals surface area contributed by atoms with E-state index in [2.05, 4.69) is 5.32 Å². The minimum absolute atomic E-state index is 0.00757. The predicted molar refractivity (Wildman–Crippen MR) is 79.9 cm³/mol. The molecule has 6 heteroatoms. The highest BCUT2D eigenvalue weighted by molar-refractivity contribution is 5.96. The Morgan fingerprint density at radius 1 is 1.29 bits per heavy atom. The normalized spacial score (nSPS) is 10.1. The Morgan fingerprint density at radius 3 is 2.67 bits per heavy atom. The van der Waals surface area contributed by atoms with Gasteiger partial charge < -0.3 is 11.1 Å². The molecule has 6 nitrogen and oxygen atoms in total. The minimum atomic E-state index is -0.462. The van der Waals surface area contributed by atoms with E-state index in [0.717, 1.165) is 5.56 Å². The van der Waals surface area contributed by atoms with Crippen molar-refractivity contribution >= 4 is 17.3 Å². The number of nitrogens with one attached hydrogen (secondary N) is 1. The SMILES string of the molecule is Cc1cc(N)ccc1C(=O)NCc1ccccc1[N+](=O)[O-]. The third-order valence-electron chi connectivity index (χ3n) is 3.12. The maximum absolute atomic E-state index is 12.1. The molecule has 0 radical (unpaired) electrons. The number of anilines is 1. The van der Waals surface area contributed by atoms with Gasteiger partial charge in [0, 0.05) is 29.4 Å². The van der Waals surface area contributed by atoms with E-state index in [9.17, 15) is 14.9 Å². The number of rotatable bonds is 4. The van der Waals surface area contributed by atoms with E-state index < -0.39 is 4.92 Å². The highest BCUT2D eigenvalue weighted by atomic mass is 16.6. The van der Waals surface area contributed by atoms with Crippen molar-refractivity contribution < 1.29 is 9.72 Å². The molecule has 1 amide bonds. The first-order chi connectivity index (χ1) is 9.99. The lowest BCUT2D eigenvalue weighted by Crippen LogP contribution is -2.24. The number of nitrogen functional groups attached to an aromatic ring is 1. The standard InChI is InChI=1S/C15H15N3O3/c1-10-8-12(16)6-7-13(10)15(19)17-9-11-4-2-3-5-14(11)18(20)21/h2-8H,9,16H2,1H3,(H,17,19). The number of nitrogens with zero attached hydrogens (tertiary/aromatic N) is 1. The Balaban J connectivity index is 2.13. The lowest BCUT2D eigenvalue weighted by molar-refractivity contribution is -0.385. The summed E-state index contributed by atoms with van der Waals surface area (Å²) >= 11 is 0. The van der Waals surface area contributed by atoms with Crippen LogP contribution < -0.4 is 11.1 Å². The zero-order chi connectivity index (χ0) is 15.4. The number of para-hydroxylation sites is 1. The van der Waals surface area contributed by atoms with E-state index in [4.69, 9.17) is 5.73 Å². The Labute approximate surface area is 121 Å². The number of nitrogens with two attached hydrogens (primary N) is 1. The van der Waals surface area contributed by atoms with Crippen molar-refractivity contribution in [2.24, 2.45) is 0 Å². The van der Waals surface area contributed by atoms with Crippen LogP contribution in [0.1, 0.15) is 21.5 Å². The van der Waals surface area contributed by atoms with Gasteiger partial charge in [-0.25, -0.2) is 0 Å². The highest BCUT2D eigenvalue weighted by Gasteiger charge is 2.14. The number of nitro groups is 1. The summed E-state index contributed by atoms with van der Waals surface area (Å²) in [5.74, 6) is -0.286. The number of hydrogen-bond donors (Lipinski definition) is 2. The molecular weight excluding hydrogens is 270 g/mol. The molecule has 0 saturated heterocycles. The Kier molecular flexibility index (Phi) is 4.18. The van der Waals surface area contributed by atoms with Crippen molar-refractivity contribution in [2.75, 3.05) is 5.73 Å². The van der Waals surface area contributed by atoms with Gasteiger partial charge in [0.2, 0.25) is 0 Å². The number of carbonyl (C=O) groups excluding carboxylic acids is 1. The average molecular weight is 285 g/mol. The van der Waals surface area contributed by atoms with Crippen LogP contribution in [0, 0.1) is 17.0 Å². The molecule has 0 fully saturated rings. The lowest BCUT2D eigenvalue weighted by Gasteiger charge is -2.08. The van der Waals surface area contributed by atoms with E-state index >= 15 is 0 Å². The minimum Gasteiger partial charge on any atom is -0.399 e. The van der Waals surface area contributed by atoms with Gasteiger partial charge in [-0.1, -0.05) is 18.2 Å². The highest BCUT2D eigenvalue weighted by Crippen LogP contribution is 2.18. The fourth-order valence-electron chi connectivity index (χ4n) is 2.05. The molecule has 0 spiro atoms. The zero-order valence-corrected chi connectivity index (χ0v) is 11.5. The van der Waals surface area contributed by atoms with Crippen LogP contribution in [-0.2, 0) is 6.54 Å². The van der Waals surface area contributed by atoms with Crippen molar-refractivity contribution in [3.8, 4) is 0 Å². The molecule has 2 aromatic carbocycles. The molecule has 0 aromatic heterocycles. The first-order valence-corrected chi connectivity index (χ1v) is 6.35. The van der Waals surface area contributed by atoms with Gasteiger partial charge in [-0.2, -0.15) is 0 Å². The third kappa shape index (κ3) is 3.36. The molecule has 0 aliphatic rings. The van der Waals surface area contributed by atoms with Gasteiger partial charge in [0.05, 0.1) is 4.92 Å². The maximum Gasteiger partial charge on any atom is 0.274 e. The lowest BCUT2D eigenvalue weighted by atomic mass is 10.1. The number of amides is 1. The number of aryl methyl sites for hydroxylation is 1. The fraction of sp³-hybridized carbons (Fsp3) is 0.133. The summed E-state index contributed by atoms with van der Waals surface area (Å²) in [6.07, 6.45) is 0. The van der Waals surface area contributed by atoms with Crippen LogP contribution in [-0.4, -0.2) is 10.8 Å². The van der Waals surface area contributed by atoms with E-state index in [0.29, 0.717) is 16.8 Å². The Morgan fingerprint density at radius 2 is 2.00 bits per heavy atom. The molecule has 0 atom stereocenters. The first-order valence-electron chi connectivity index (χ1n) is 6.35. The second-order valence-corrected chi connectivity index (χ2v) is 4.64. The van der Waals surface area contributed by atoms with E-state index in [1.54, 1.807) is 43.3 Å². The summed E-state index contributed by atoms with van der Waals surface area (Å²) in [4.78, 5) is 22.6. The molecular formula is C15H15N3O3. The second kappa shape index (κ2) is 6.04. The van der Waals surface area contributed by atoms with E-state index in [-0.39, 0.29) is 18.1 Å². The van der Waals surface area contributed by atoms with Crippen LogP contribution in [0.25, 0.3) is 0 Å². The van der Waals surface area contributed by atoms with Crippen molar-refractivity contribution in [1.29, 1.82) is 0 Å². The summed E-state index contributed by atoms with van der Waals surface area (Å²) in [7, 11) is 0. The number of hydrogen-bond acceptors (Lipinski definition) is 4. The van der Waals surface area contributed by atoms with Gasteiger partial charge in [0.15, 0.2) is 0 Å². The zero-order valence-electron chi connectivity index (χ0n) is 11.5. The molecule has 0 aliphatic heterocycles. The molecule has 2 aromatic rings. The molecule has 0 unspecified atom stereocenters. The molecule has 3 N–H and O–H groups in total. The van der Waals surface area contributed by atoms with Gasteiger partial charge in [-0.3, -0.25) is 14.9 Å². The predicted octanol–water partition coefficient (Wildman–Crippen LogP) is 2.42. The summed E-state index contributed by atoms with van der Waals surface area (Å²) in [6.45, 7) is 1.88. The molecule has 0 saturated carbocycles. The van der Waals surface area contributed by atoms with Gasteiger partial charge >= 0.3 is 0 Å². The van der Waals surface area contributed by atoms with E-state index in [1.807, 2.05) is 0 Å². The number of nitro benzene ring substituents is 1. The van der Waals surface area contributed by atoms with Crippen molar-refractivity contribution in [1.82, 2.24) is 5.32 Å². The largest absolute Gasteiger partial charge is 0.399 e. The monoisotopic (exact) mass is 285 g/mol. The smallest absolute Gasteiger partial charge is 0.274 e. The van der Waals surface area contributed by atoms with Crippen molar-refractivity contribution in [3.05, 3.63) is 69.3 Å². The number of carbonyl (C=O) groups is 1. The maximum atomic E-state index is 12.1. The molecule has 0 heterocycles. The van der Waals surface area contributed by atoms with Crippen LogP contribution in [0.3, 0.4) is 0 Å². The van der Waals surface area contributed by atoms with Crippen LogP contribution >= 0.6 is 0 Å². The Bertz CT molecular complexity index is 698. The quantitative estimate of drug-likeness (QED) is 0.512. The molecule has 108 valence electrons. The van der Waals surface area contributed by atoms with Gasteiger partial charge in [-0.15, -0.1) is 0 Å². The third-order valence-corrected chi connectivity index (χ3v) is 3.12. The molecule has 0 aliphatic carbocycles. The summed E-state index contributed by atoms with van der Waals surface area (Å²) in [5.41, 5.74) is 7.94. The van der Waals surface area contributed by atoms with Gasteiger partial charge in [0.1, 0.15) is 0 Å². The van der Waals surface area contributed by atoms with Crippen LogP contribution in [0.15, 0.2) is 42.5 Å². The molecule has 0 bridgehead atoms. The molecule has 21 heavy (non-hydrogen) atoms. The second-order valence-electron chi connectivity index (χ2n) is 4.64. The van der Waals surface area contributed by atoms with Gasteiger partial charge in [0.25, 0.3) is 11.6 Å². The van der Waals surface area contributed by atoms with Crippen LogP contribution in [0.4, 0.5) is 11.4 Å². The summed E-state index contributed by atoms with van der Waals surface area (Å²) < 4.78 is 0. The number of benzene rings is 2. The summed E-state index contributed by atoms with van der Waals surface area (Å²) in [5, 5.41) is 13.6. The topological polar surface area (TPSA) is 98.3 Å². The molecule has 2 rings (SSSR count). The Hall–Kier alpha value is -2.89. The van der Waals surface area contributed by atoms with Gasteiger partial charge in [-0.05, 0) is 30.7 Å². The average Bonchev–Trinajstić information content (AvgIpc) is 2.45. The summed E-state index contributed by atoms with van der Waals surface area (Å²) in [6, 6.07) is 11.3. The van der Waals surface area contributed by atoms with E-state index in [1.165, 1.54) is 6.07 Å². The van der Waals surface area contributed by atoms with Crippen LogP contribution in [0.5, 0.6) is 0 Å².